The Morgan fingerprint density at radius 3 is 2.58 bits per heavy atom. The molecule has 9 nitrogen and oxygen atoms in total. The smallest absolute Gasteiger partial charge is 0.364 e. The molecule has 6 rings (SSSR count). The Hall–Kier alpha value is -3.57. The summed E-state index contributed by atoms with van der Waals surface area (Å²) in [5.41, 5.74) is 0.424. The molecule has 0 spiro atoms. The minimum Gasteiger partial charge on any atom is -0.364 e. The van der Waals surface area contributed by atoms with Crippen molar-refractivity contribution in [1.29, 1.82) is 0 Å². The molecule has 3 aliphatic rings. The second-order valence-corrected chi connectivity index (χ2v) is 8.38. The highest BCUT2D eigenvalue weighted by molar-refractivity contribution is 5.96. The Kier molecular flexibility index (Phi) is 5.22. The molecule has 0 aromatic carbocycles. The number of anilines is 1. The summed E-state index contributed by atoms with van der Waals surface area (Å²) >= 11 is 0. The molecule has 33 heavy (non-hydrogen) atoms. The maximum absolute atomic E-state index is 13.6. The first-order valence-corrected chi connectivity index (χ1v) is 10.6. The van der Waals surface area contributed by atoms with Crippen molar-refractivity contribution in [3.63, 3.8) is 0 Å². The molecule has 1 aliphatic carbocycles. The lowest BCUT2D eigenvalue weighted by molar-refractivity contribution is -0.141. The van der Waals surface area contributed by atoms with Gasteiger partial charge in [0.2, 0.25) is 0 Å². The molecule has 2 saturated heterocycles. The molecule has 172 valence electrons. The van der Waals surface area contributed by atoms with E-state index in [1.165, 1.54) is 17.2 Å². The summed E-state index contributed by atoms with van der Waals surface area (Å²) in [6, 6.07) is 3.27. The molecule has 3 aromatic rings. The molecule has 3 fully saturated rings. The number of rotatable bonds is 4. The molecule has 3 aromatic heterocycles. The minimum atomic E-state index is -4.54. The van der Waals surface area contributed by atoms with Gasteiger partial charge in [-0.1, -0.05) is 0 Å². The summed E-state index contributed by atoms with van der Waals surface area (Å²) in [7, 11) is 0. The number of carbonyl (C=O) groups excluding carboxylic acids is 1. The summed E-state index contributed by atoms with van der Waals surface area (Å²) in [5.74, 6) is 0.309. The van der Waals surface area contributed by atoms with Gasteiger partial charge in [-0.05, 0) is 44.2 Å². The van der Waals surface area contributed by atoms with Crippen LogP contribution < -0.4 is 5.32 Å². The lowest BCUT2D eigenvalue weighted by Gasteiger charge is -2.50. The Labute approximate surface area is 187 Å². The van der Waals surface area contributed by atoms with Crippen molar-refractivity contribution in [2.45, 2.75) is 44.4 Å². The van der Waals surface area contributed by atoms with Crippen LogP contribution in [0.1, 0.15) is 41.1 Å². The molecule has 2 unspecified atom stereocenters. The van der Waals surface area contributed by atoms with Gasteiger partial charge in [0.05, 0.1) is 30.8 Å². The molecular formula is C21H21F3N8O. The van der Waals surface area contributed by atoms with Crippen LogP contribution >= 0.6 is 0 Å². The zero-order valence-corrected chi connectivity index (χ0v) is 17.7. The summed E-state index contributed by atoms with van der Waals surface area (Å²) in [6.45, 7) is 2.41. The monoisotopic (exact) mass is 458 g/mol. The normalized spacial score (nSPS) is 22.4. The van der Waals surface area contributed by atoms with Crippen LogP contribution in [0.3, 0.4) is 0 Å². The molecule has 2 aliphatic heterocycles. The van der Waals surface area contributed by atoms with Crippen LogP contribution in [0.2, 0.25) is 0 Å². The summed E-state index contributed by atoms with van der Waals surface area (Å²) in [6.07, 6.45) is 2.88. The molecule has 3 atom stereocenters. The van der Waals surface area contributed by atoms with Crippen molar-refractivity contribution < 1.29 is 18.0 Å². The number of fused-ring (bicyclic) bond motifs is 3. The first-order chi connectivity index (χ1) is 15.8. The maximum atomic E-state index is 13.6. The van der Waals surface area contributed by atoms with E-state index in [1.807, 2.05) is 11.8 Å². The second kappa shape index (κ2) is 8.09. The number of hydrogen-bond donors (Lipinski definition) is 1. The number of amides is 1. The Bertz CT molecular complexity index is 1150. The minimum absolute atomic E-state index is 0.146. The number of piperidine rings is 2. The van der Waals surface area contributed by atoms with Gasteiger partial charge in [-0.25, -0.2) is 15.0 Å². The molecule has 0 radical (unpaired) electrons. The van der Waals surface area contributed by atoms with Gasteiger partial charge in [-0.2, -0.15) is 23.4 Å². The van der Waals surface area contributed by atoms with Crippen molar-refractivity contribution >= 4 is 11.7 Å². The predicted octanol–water partition coefficient (Wildman–Crippen LogP) is 2.88. The van der Waals surface area contributed by atoms with Gasteiger partial charge in [-0.15, -0.1) is 4.80 Å². The first kappa shape index (κ1) is 21.3. The first-order valence-electron chi connectivity index (χ1n) is 10.6. The zero-order valence-electron chi connectivity index (χ0n) is 17.7. The fraction of sp³-hybridized carbons (Fsp3) is 0.429. The average molecular weight is 458 g/mol. The van der Waals surface area contributed by atoms with E-state index in [9.17, 15) is 18.0 Å². The molecule has 2 bridgehead atoms. The third-order valence-corrected chi connectivity index (χ3v) is 6.16. The third kappa shape index (κ3) is 4.12. The highest BCUT2D eigenvalue weighted by atomic mass is 19.4. The SMILES string of the molecule is Cc1ccc(-n2nccn2)c(C(=O)N2CC3CC[C@@H]2C(Nc2cnc(C(F)(F)F)cn2)C3)n1. The van der Waals surface area contributed by atoms with Crippen LogP contribution in [-0.4, -0.2) is 59.4 Å². The van der Waals surface area contributed by atoms with E-state index < -0.39 is 11.9 Å². The quantitative estimate of drug-likeness (QED) is 0.642. The van der Waals surface area contributed by atoms with Crippen molar-refractivity contribution in [2.24, 2.45) is 5.92 Å². The standard InChI is InChI=1S/C21H21F3N8O/c1-12-2-4-16(32-27-6-7-28-32)19(29-12)20(33)31-11-13-3-5-15(31)14(8-13)30-18-10-25-17(9-26-18)21(22,23)24/h2,4,6-7,9-10,13-15H,3,5,8,11H2,1H3,(H,26,30)/t13?,14?,15-/m1/s1. The number of aryl methyl sites for hydroxylation is 1. The maximum Gasteiger partial charge on any atom is 0.434 e. The third-order valence-electron chi connectivity index (χ3n) is 6.16. The summed E-state index contributed by atoms with van der Waals surface area (Å²) in [5, 5.41) is 11.5. The van der Waals surface area contributed by atoms with E-state index in [0.29, 0.717) is 24.1 Å². The van der Waals surface area contributed by atoms with Crippen LogP contribution in [0.5, 0.6) is 0 Å². The Morgan fingerprint density at radius 2 is 1.91 bits per heavy atom. The van der Waals surface area contributed by atoms with Crippen molar-refractivity contribution in [1.82, 2.24) is 34.8 Å². The fourth-order valence-corrected chi connectivity index (χ4v) is 4.67. The van der Waals surface area contributed by atoms with Crippen LogP contribution in [0, 0.1) is 12.8 Å². The van der Waals surface area contributed by atoms with E-state index in [4.69, 9.17) is 0 Å². The van der Waals surface area contributed by atoms with Crippen LogP contribution in [0.4, 0.5) is 19.0 Å². The Morgan fingerprint density at radius 1 is 1.12 bits per heavy atom. The van der Waals surface area contributed by atoms with E-state index in [1.54, 1.807) is 12.1 Å². The topological polar surface area (TPSA) is 102 Å². The molecule has 1 saturated carbocycles. The number of nitrogens with one attached hydrogen (secondary N) is 1. The van der Waals surface area contributed by atoms with Crippen LogP contribution in [-0.2, 0) is 6.18 Å². The summed E-state index contributed by atoms with van der Waals surface area (Å²) < 4.78 is 38.3. The predicted molar refractivity (Wildman–Crippen MR) is 111 cm³/mol. The molecule has 5 heterocycles. The van der Waals surface area contributed by atoms with E-state index in [-0.39, 0.29) is 35.4 Å². The van der Waals surface area contributed by atoms with Gasteiger partial charge in [0.15, 0.2) is 11.4 Å². The lowest BCUT2D eigenvalue weighted by atomic mass is 9.76. The highest BCUT2D eigenvalue weighted by Gasteiger charge is 2.44. The van der Waals surface area contributed by atoms with Crippen molar-refractivity contribution in [2.75, 3.05) is 11.9 Å². The highest BCUT2D eigenvalue weighted by Crippen LogP contribution is 2.37. The van der Waals surface area contributed by atoms with Gasteiger partial charge in [0, 0.05) is 18.3 Å². The van der Waals surface area contributed by atoms with Gasteiger partial charge < -0.3 is 10.2 Å². The zero-order chi connectivity index (χ0) is 23.2. The van der Waals surface area contributed by atoms with E-state index in [0.717, 1.165) is 25.5 Å². The van der Waals surface area contributed by atoms with Gasteiger partial charge in [-0.3, -0.25) is 4.79 Å². The van der Waals surface area contributed by atoms with Crippen molar-refractivity contribution in [3.05, 3.63) is 54.0 Å². The van der Waals surface area contributed by atoms with Crippen LogP contribution in [0.15, 0.2) is 36.9 Å². The van der Waals surface area contributed by atoms with Gasteiger partial charge >= 0.3 is 6.18 Å². The number of carbonyl (C=O) groups is 1. The van der Waals surface area contributed by atoms with E-state index in [2.05, 4.69) is 30.5 Å². The van der Waals surface area contributed by atoms with Gasteiger partial charge in [0.1, 0.15) is 11.5 Å². The summed E-state index contributed by atoms with van der Waals surface area (Å²) in [4.78, 5) is 28.6. The second-order valence-electron chi connectivity index (χ2n) is 8.38. The number of aromatic nitrogens is 6. The fourth-order valence-electron chi connectivity index (χ4n) is 4.67. The van der Waals surface area contributed by atoms with E-state index >= 15 is 0 Å². The average Bonchev–Trinajstić information content (AvgIpc) is 3.33. The van der Waals surface area contributed by atoms with Crippen molar-refractivity contribution in [3.8, 4) is 5.69 Å². The number of nitrogens with zero attached hydrogens (tertiary/aromatic N) is 7. The van der Waals surface area contributed by atoms with Crippen LogP contribution in [0.25, 0.3) is 5.69 Å². The molecule has 1 amide bonds. The Balaban J connectivity index is 1.39. The molecule has 12 heteroatoms. The number of pyridine rings is 1. The number of alkyl halides is 3. The number of halogens is 3. The molecular weight excluding hydrogens is 437 g/mol. The molecule has 1 N–H and O–H groups in total. The lowest BCUT2D eigenvalue weighted by Crippen LogP contribution is -2.60. The number of hydrogen-bond acceptors (Lipinski definition) is 7. The van der Waals surface area contributed by atoms with Gasteiger partial charge in [0.25, 0.3) is 5.91 Å². The largest absolute Gasteiger partial charge is 0.434 e.